The molecule has 28 heavy (non-hydrogen) atoms. The summed E-state index contributed by atoms with van der Waals surface area (Å²) < 4.78 is 65.1. The molecule has 0 radical (unpaired) electrons. The second-order valence-electron chi connectivity index (χ2n) is 5.89. The number of nitrogens with one attached hydrogen (secondary N) is 1. The highest BCUT2D eigenvalue weighted by molar-refractivity contribution is 9.10. The van der Waals surface area contributed by atoms with E-state index in [2.05, 4.69) is 21.2 Å². The largest absolute Gasteiger partial charge is 0.418 e. The maximum Gasteiger partial charge on any atom is 0.418 e. The number of hydrogen-bond acceptors (Lipinski definition) is 3. The summed E-state index contributed by atoms with van der Waals surface area (Å²) in [5.74, 6) is -0.907. The summed E-state index contributed by atoms with van der Waals surface area (Å²) in [7, 11) is -3.79. The van der Waals surface area contributed by atoms with Gasteiger partial charge in [-0.05, 0) is 35.9 Å². The molecule has 0 atom stereocenters. The van der Waals surface area contributed by atoms with Gasteiger partial charge < -0.3 is 5.32 Å². The zero-order valence-corrected chi connectivity index (χ0v) is 17.6. The number of benzene rings is 2. The summed E-state index contributed by atoms with van der Waals surface area (Å²) in [6.07, 6.45) is -3.82. The van der Waals surface area contributed by atoms with Crippen molar-refractivity contribution in [2.45, 2.75) is 12.7 Å². The Hall–Kier alpha value is -1.62. The highest BCUT2D eigenvalue weighted by Gasteiger charge is 2.34. The van der Waals surface area contributed by atoms with E-state index in [1.165, 1.54) is 6.07 Å². The Morgan fingerprint density at radius 3 is 2.32 bits per heavy atom. The van der Waals surface area contributed by atoms with E-state index < -0.39 is 39.9 Å². The van der Waals surface area contributed by atoms with E-state index in [1.807, 2.05) is 0 Å². The lowest BCUT2D eigenvalue weighted by molar-refractivity contribution is -0.137. The van der Waals surface area contributed by atoms with Crippen LogP contribution < -0.4 is 5.32 Å². The summed E-state index contributed by atoms with van der Waals surface area (Å²) in [5, 5.41) is 1.97. The monoisotopic (exact) mass is 498 g/mol. The highest BCUT2D eigenvalue weighted by Crippen LogP contribution is 2.36. The molecule has 2 rings (SSSR count). The van der Waals surface area contributed by atoms with Crippen molar-refractivity contribution >= 4 is 49.1 Å². The normalized spacial score (nSPS) is 12.2. The summed E-state index contributed by atoms with van der Waals surface area (Å²) in [6, 6.07) is 9.65. The van der Waals surface area contributed by atoms with Gasteiger partial charge >= 0.3 is 6.18 Å². The number of hydrogen-bond donors (Lipinski definition) is 1. The molecule has 0 aliphatic heterocycles. The van der Waals surface area contributed by atoms with E-state index >= 15 is 0 Å². The van der Waals surface area contributed by atoms with Crippen molar-refractivity contribution in [3.05, 3.63) is 63.1 Å². The molecule has 2 aromatic carbocycles. The van der Waals surface area contributed by atoms with Crippen LogP contribution in [0.4, 0.5) is 18.9 Å². The average Bonchev–Trinajstić information content (AvgIpc) is 2.56. The molecule has 2 aromatic rings. The molecule has 0 saturated heterocycles. The van der Waals surface area contributed by atoms with Gasteiger partial charge in [-0.25, -0.2) is 8.42 Å². The van der Waals surface area contributed by atoms with E-state index in [0.717, 1.165) is 21.1 Å². The predicted octanol–water partition coefficient (Wildman–Crippen LogP) is 4.52. The Labute approximate surface area is 173 Å². The Morgan fingerprint density at radius 1 is 1.18 bits per heavy atom. The number of rotatable bonds is 6. The van der Waals surface area contributed by atoms with Crippen molar-refractivity contribution in [1.82, 2.24) is 4.31 Å². The van der Waals surface area contributed by atoms with Crippen LogP contribution in [0.25, 0.3) is 0 Å². The first kappa shape index (κ1) is 22.7. The first-order chi connectivity index (χ1) is 12.9. The van der Waals surface area contributed by atoms with Gasteiger partial charge in [-0.15, -0.1) is 0 Å². The molecule has 0 heterocycles. The second-order valence-corrected chi connectivity index (χ2v) is 9.23. The molecular formula is C17H15BrClF3N2O3S. The van der Waals surface area contributed by atoms with Gasteiger partial charge in [0.25, 0.3) is 0 Å². The van der Waals surface area contributed by atoms with Gasteiger partial charge in [0.15, 0.2) is 0 Å². The van der Waals surface area contributed by atoms with Crippen LogP contribution in [-0.4, -0.2) is 31.4 Å². The van der Waals surface area contributed by atoms with Crippen LogP contribution >= 0.6 is 27.5 Å². The van der Waals surface area contributed by atoms with E-state index in [-0.39, 0.29) is 11.6 Å². The standard InChI is InChI=1S/C17H15BrClF3N2O3S/c1-28(26,27)24(9-11-2-4-12(18)5-3-11)10-16(25)23-15-7-6-13(19)8-14(15)17(20,21)22/h2-8H,9-10H2,1H3,(H,23,25). The molecule has 0 fully saturated rings. The molecular weight excluding hydrogens is 485 g/mol. The smallest absolute Gasteiger partial charge is 0.324 e. The molecule has 152 valence electrons. The maximum atomic E-state index is 13.1. The summed E-state index contributed by atoms with van der Waals surface area (Å²) in [5.41, 5.74) is -1.00. The van der Waals surface area contributed by atoms with Crippen molar-refractivity contribution < 1.29 is 26.4 Å². The minimum Gasteiger partial charge on any atom is -0.324 e. The van der Waals surface area contributed by atoms with Gasteiger partial charge in [0, 0.05) is 16.0 Å². The third-order valence-corrected chi connectivity index (χ3v) is 5.58. The molecule has 1 N–H and O–H groups in total. The molecule has 0 unspecified atom stereocenters. The Bertz CT molecular complexity index is 967. The quantitative estimate of drug-likeness (QED) is 0.635. The van der Waals surface area contributed by atoms with E-state index in [0.29, 0.717) is 11.6 Å². The number of alkyl halides is 3. The Balaban J connectivity index is 2.20. The van der Waals surface area contributed by atoms with Crippen LogP contribution in [0, 0.1) is 0 Å². The number of sulfonamides is 1. The predicted molar refractivity (Wildman–Crippen MR) is 104 cm³/mol. The average molecular weight is 500 g/mol. The fourth-order valence-corrected chi connectivity index (χ4v) is 3.47. The zero-order valence-electron chi connectivity index (χ0n) is 14.4. The summed E-state index contributed by atoms with van der Waals surface area (Å²) >= 11 is 8.86. The molecule has 0 spiro atoms. The van der Waals surface area contributed by atoms with E-state index in [9.17, 15) is 26.4 Å². The maximum absolute atomic E-state index is 13.1. The van der Waals surface area contributed by atoms with Crippen molar-refractivity contribution in [2.75, 3.05) is 18.1 Å². The van der Waals surface area contributed by atoms with Crippen molar-refractivity contribution in [3.63, 3.8) is 0 Å². The van der Waals surface area contributed by atoms with Crippen molar-refractivity contribution in [1.29, 1.82) is 0 Å². The zero-order chi connectivity index (χ0) is 21.1. The molecule has 11 heteroatoms. The molecule has 0 aliphatic rings. The molecule has 0 bridgehead atoms. The summed E-state index contributed by atoms with van der Waals surface area (Å²) in [4.78, 5) is 12.3. The molecule has 5 nitrogen and oxygen atoms in total. The molecule has 0 aromatic heterocycles. The Morgan fingerprint density at radius 2 is 1.79 bits per heavy atom. The fraction of sp³-hybridized carbons (Fsp3) is 0.235. The van der Waals surface area contributed by atoms with Crippen LogP contribution in [0.3, 0.4) is 0 Å². The third kappa shape index (κ3) is 6.47. The second kappa shape index (κ2) is 8.81. The van der Waals surface area contributed by atoms with Crippen molar-refractivity contribution in [3.8, 4) is 0 Å². The van der Waals surface area contributed by atoms with Gasteiger partial charge in [0.2, 0.25) is 15.9 Å². The number of anilines is 1. The van der Waals surface area contributed by atoms with Crippen molar-refractivity contribution in [2.24, 2.45) is 0 Å². The van der Waals surface area contributed by atoms with Gasteiger partial charge in [-0.2, -0.15) is 17.5 Å². The lowest BCUT2D eigenvalue weighted by Crippen LogP contribution is -2.37. The number of nitrogens with zero attached hydrogens (tertiary/aromatic N) is 1. The SMILES string of the molecule is CS(=O)(=O)N(CC(=O)Nc1ccc(Cl)cc1C(F)(F)F)Cc1ccc(Br)cc1. The fourth-order valence-electron chi connectivity index (χ4n) is 2.29. The first-order valence-corrected chi connectivity index (χ1v) is 10.7. The molecule has 1 amide bonds. The first-order valence-electron chi connectivity index (χ1n) is 7.72. The number of carbonyl (C=O) groups is 1. The van der Waals surface area contributed by atoms with Crippen LogP contribution in [-0.2, 0) is 27.5 Å². The van der Waals surface area contributed by atoms with E-state index in [4.69, 9.17) is 11.6 Å². The lowest BCUT2D eigenvalue weighted by atomic mass is 10.1. The van der Waals surface area contributed by atoms with Crippen LogP contribution in [0.5, 0.6) is 0 Å². The van der Waals surface area contributed by atoms with Gasteiger partial charge in [0.1, 0.15) is 0 Å². The Kier molecular flexibility index (Phi) is 7.13. The lowest BCUT2D eigenvalue weighted by Gasteiger charge is -2.20. The number of halogens is 5. The van der Waals surface area contributed by atoms with Crippen LogP contribution in [0.2, 0.25) is 5.02 Å². The molecule has 0 aliphatic carbocycles. The minimum atomic E-state index is -4.73. The number of carbonyl (C=O) groups excluding carboxylic acids is 1. The third-order valence-electron chi connectivity index (χ3n) is 3.62. The van der Waals surface area contributed by atoms with Gasteiger partial charge in [-0.3, -0.25) is 4.79 Å². The minimum absolute atomic E-state index is 0.105. The molecule has 0 saturated carbocycles. The summed E-state index contributed by atoms with van der Waals surface area (Å²) in [6.45, 7) is -0.749. The topological polar surface area (TPSA) is 66.5 Å². The van der Waals surface area contributed by atoms with Gasteiger partial charge in [0.05, 0.1) is 24.1 Å². The van der Waals surface area contributed by atoms with E-state index in [1.54, 1.807) is 24.3 Å². The van der Waals surface area contributed by atoms with Crippen LogP contribution in [0.1, 0.15) is 11.1 Å². The van der Waals surface area contributed by atoms with Crippen LogP contribution in [0.15, 0.2) is 46.9 Å². The van der Waals surface area contributed by atoms with Gasteiger partial charge in [-0.1, -0.05) is 39.7 Å². The highest BCUT2D eigenvalue weighted by atomic mass is 79.9. The number of amides is 1.